The van der Waals surface area contributed by atoms with Crippen LogP contribution in [0.2, 0.25) is 0 Å². The Morgan fingerprint density at radius 3 is 3.08 bits per heavy atom. The van der Waals surface area contributed by atoms with Gasteiger partial charge in [0.25, 0.3) is 0 Å². The van der Waals surface area contributed by atoms with E-state index < -0.39 is 0 Å². The number of ether oxygens (including phenoxy) is 1. The Labute approximate surface area is 150 Å². The van der Waals surface area contributed by atoms with E-state index >= 15 is 0 Å². The SMILES string of the molecule is COc1ccnc(N2CCC[C@@H](c3nccn3Cc3cscn3)C2)n1. The largest absolute Gasteiger partial charge is 0.481 e. The maximum atomic E-state index is 5.22. The van der Waals surface area contributed by atoms with Crippen LogP contribution in [0.5, 0.6) is 5.88 Å². The summed E-state index contributed by atoms with van der Waals surface area (Å²) in [6.07, 6.45) is 7.87. The molecule has 0 amide bonds. The minimum Gasteiger partial charge on any atom is -0.481 e. The molecule has 4 heterocycles. The van der Waals surface area contributed by atoms with Crippen molar-refractivity contribution in [2.24, 2.45) is 0 Å². The van der Waals surface area contributed by atoms with Crippen molar-refractivity contribution in [3.63, 3.8) is 0 Å². The summed E-state index contributed by atoms with van der Waals surface area (Å²) in [5.41, 5.74) is 2.95. The number of hydrogen-bond donors (Lipinski definition) is 0. The zero-order valence-electron chi connectivity index (χ0n) is 14.1. The van der Waals surface area contributed by atoms with Crippen molar-refractivity contribution in [2.75, 3.05) is 25.1 Å². The zero-order valence-corrected chi connectivity index (χ0v) is 14.9. The number of piperidine rings is 1. The maximum absolute atomic E-state index is 5.22. The summed E-state index contributed by atoms with van der Waals surface area (Å²) in [6, 6.07) is 1.77. The first kappa shape index (κ1) is 16.0. The standard InChI is InChI=1S/C17H20N6OS/c1-24-15-4-5-19-17(21-15)23-7-2-3-13(9-23)16-18-6-8-22(16)10-14-11-25-12-20-14/h4-6,8,11-13H,2-3,7,9-10H2,1H3/t13-/m1/s1. The summed E-state index contributed by atoms with van der Waals surface area (Å²) in [5, 5.41) is 2.08. The summed E-state index contributed by atoms with van der Waals surface area (Å²) in [5.74, 6) is 2.79. The molecule has 0 aliphatic carbocycles. The molecule has 3 aromatic heterocycles. The average molecular weight is 356 g/mol. The summed E-state index contributed by atoms with van der Waals surface area (Å²) in [6.45, 7) is 2.59. The zero-order chi connectivity index (χ0) is 17.1. The van der Waals surface area contributed by atoms with Crippen LogP contribution in [0.4, 0.5) is 5.95 Å². The van der Waals surface area contributed by atoms with Crippen LogP contribution in [0, 0.1) is 0 Å². The van der Waals surface area contributed by atoms with Gasteiger partial charge in [-0.1, -0.05) is 0 Å². The molecular weight excluding hydrogens is 336 g/mol. The molecule has 8 heteroatoms. The van der Waals surface area contributed by atoms with Gasteiger partial charge in [0.15, 0.2) is 0 Å². The Morgan fingerprint density at radius 2 is 2.24 bits per heavy atom. The Kier molecular flexibility index (Phi) is 4.60. The maximum Gasteiger partial charge on any atom is 0.228 e. The second-order valence-corrected chi connectivity index (χ2v) is 6.80. The van der Waals surface area contributed by atoms with E-state index in [0.717, 1.165) is 49.9 Å². The van der Waals surface area contributed by atoms with Gasteiger partial charge in [-0.2, -0.15) is 4.98 Å². The van der Waals surface area contributed by atoms with Crippen LogP contribution < -0.4 is 9.64 Å². The Bertz CT molecular complexity index is 818. The van der Waals surface area contributed by atoms with Gasteiger partial charge in [0.05, 0.1) is 24.9 Å². The van der Waals surface area contributed by atoms with Crippen LogP contribution in [0.3, 0.4) is 0 Å². The highest BCUT2D eigenvalue weighted by molar-refractivity contribution is 7.07. The molecule has 0 bridgehead atoms. The minimum atomic E-state index is 0.359. The molecule has 0 unspecified atom stereocenters. The van der Waals surface area contributed by atoms with E-state index in [1.165, 1.54) is 0 Å². The average Bonchev–Trinajstić information content (AvgIpc) is 3.34. The molecule has 1 saturated heterocycles. The van der Waals surface area contributed by atoms with Crippen molar-refractivity contribution in [3.8, 4) is 5.88 Å². The lowest BCUT2D eigenvalue weighted by Crippen LogP contribution is -2.36. The van der Waals surface area contributed by atoms with Gasteiger partial charge in [0.1, 0.15) is 5.82 Å². The van der Waals surface area contributed by atoms with E-state index in [1.54, 1.807) is 30.7 Å². The number of nitrogens with zero attached hydrogens (tertiary/aromatic N) is 6. The Morgan fingerprint density at radius 1 is 1.28 bits per heavy atom. The first-order chi connectivity index (χ1) is 12.3. The fourth-order valence-electron chi connectivity index (χ4n) is 3.27. The van der Waals surface area contributed by atoms with Gasteiger partial charge < -0.3 is 14.2 Å². The molecule has 4 rings (SSSR count). The summed E-state index contributed by atoms with van der Waals surface area (Å²) >= 11 is 1.62. The molecule has 1 fully saturated rings. The number of aromatic nitrogens is 5. The third-order valence-corrected chi connectivity index (χ3v) is 5.09. The number of anilines is 1. The molecular formula is C17H20N6OS. The van der Waals surface area contributed by atoms with Crippen molar-refractivity contribution < 1.29 is 4.74 Å². The molecule has 3 aromatic rings. The number of rotatable bonds is 5. The quantitative estimate of drug-likeness (QED) is 0.700. The van der Waals surface area contributed by atoms with Crippen LogP contribution in [0.25, 0.3) is 0 Å². The molecule has 25 heavy (non-hydrogen) atoms. The lowest BCUT2D eigenvalue weighted by atomic mass is 9.97. The van der Waals surface area contributed by atoms with E-state index in [2.05, 4.69) is 34.8 Å². The third-order valence-electron chi connectivity index (χ3n) is 4.46. The Hall–Kier alpha value is -2.48. The topological polar surface area (TPSA) is 69.0 Å². The first-order valence-electron chi connectivity index (χ1n) is 8.33. The highest BCUT2D eigenvalue weighted by Crippen LogP contribution is 2.28. The van der Waals surface area contributed by atoms with Crippen molar-refractivity contribution in [1.29, 1.82) is 0 Å². The van der Waals surface area contributed by atoms with Gasteiger partial charge >= 0.3 is 0 Å². The monoisotopic (exact) mass is 356 g/mol. The molecule has 130 valence electrons. The normalized spacial score (nSPS) is 17.6. The molecule has 1 aliphatic rings. The molecule has 0 N–H and O–H groups in total. The molecule has 1 atom stereocenters. The molecule has 0 saturated carbocycles. The summed E-state index contributed by atoms with van der Waals surface area (Å²) in [7, 11) is 1.63. The Balaban J connectivity index is 1.52. The molecule has 1 aliphatic heterocycles. The van der Waals surface area contributed by atoms with Crippen LogP contribution in [0.15, 0.2) is 35.5 Å². The van der Waals surface area contributed by atoms with E-state index in [1.807, 2.05) is 17.9 Å². The second-order valence-electron chi connectivity index (χ2n) is 6.08. The predicted molar refractivity (Wildman–Crippen MR) is 96.2 cm³/mol. The molecule has 7 nitrogen and oxygen atoms in total. The van der Waals surface area contributed by atoms with Crippen molar-refractivity contribution in [1.82, 2.24) is 24.5 Å². The number of imidazole rings is 1. The second kappa shape index (κ2) is 7.18. The van der Waals surface area contributed by atoms with Gasteiger partial charge in [-0.15, -0.1) is 11.3 Å². The van der Waals surface area contributed by atoms with E-state index in [9.17, 15) is 0 Å². The van der Waals surface area contributed by atoms with Gasteiger partial charge in [0, 0.05) is 49.0 Å². The smallest absolute Gasteiger partial charge is 0.228 e. The number of methoxy groups -OCH3 is 1. The van der Waals surface area contributed by atoms with E-state index in [4.69, 9.17) is 4.74 Å². The summed E-state index contributed by atoms with van der Waals surface area (Å²) in [4.78, 5) is 20.1. The van der Waals surface area contributed by atoms with Gasteiger partial charge in [0.2, 0.25) is 11.8 Å². The lowest BCUT2D eigenvalue weighted by molar-refractivity contribution is 0.395. The van der Waals surface area contributed by atoms with E-state index in [0.29, 0.717) is 11.8 Å². The molecule has 0 aromatic carbocycles. The van der Waals surface area contributed by atoms with Crippen molar-refractivity contribution >= 4 is 17.3 Å². The van der Waals surface area contributed by atoms with Gasteiger partial charge in [-0.25, -0.2) is 15.0 Å². The fraction of sp³-hybridized carbons (Fsp3) is 0.412. The van der Waals surface area contributed by atoms with E-state index in [-0.39, 0.29) is 0 Å². The number of hydrogen-bond acceptors (Lipinski definition) is 7. The third kappa shape index (κ3) is 3.48. The van der Waals surface area contributed by atoms with Crippen LogP contribution in [0.1, 0.15) is 30.3 Å². The van der Waals surface area contributed by atoms with Gasteiger partial charge in [-0.05, 0) is 12.8 Å². The summed E-state index contributed by atoms with van der Waals surface area (Å²) < 4.78 is 7.43. The van der Waals surface area contributed by atoms with Crippen molar-refractivity contribution in [2.45, 2.75) is 25.3 Å². The molecule has 0 radical (unpaired) electrons. The van der Waals surface area contributed by atoms with Crippen molar-refractivity contribution in [3.05, 3.63) is 47.1 Å². The molecule has 0 spiro atoms. The number of thiazole rings is 1. The highest BCUT2D eigenvalue weighted by Gasteiger charge is 2.26. The van der Waals surface area contributed by atoms with Crippen LogP contribution >= 0.6 is 11.3 Å². The highest BCUT2D eigenvalue weighted by atomic mass is 32.1. The van der Waals surface area contributed by atoms with Crippen LogP contribution in [-0.2, 0) is 6.54 Å². The minimum absolute atomic E-state index is 0.359. The van der Waals surface area contributed by atoms with Gasteiger partial charge in [-0.3, -0.25) is 0 Å². The lowest BCUT2D eigenvalue weighted by Gasteiger charge is -2.32. The fourth-order valence-corrected chi connectivity index (χ4v) is 3.82. The van der Waals surface area contributed by atoms with Crippen LogP contribution in [-0.4, -0.2) is 44.7 Å². The predicted octanol–water partition coefficient (Wildman–Crippen LogP) is 2.57. The first-order valence-corrected chi connectivity index (χ1v) is 9.28.